The Balaban J connectivity index is 1.95. The molecule has 1 N–H and O–H groups in total. The summed E-state index contributed by atoms with van der Waals surface area (Å²) in [5, 5.41) is 15.9. The Morgan fingerprint density at radius 2 is 1.77 bits per heavy atom. The molecule has 0 saturated heterocycles. The molecule has 0 aliphatic rings. The largest absolute Gasteiger partial charge is 0.420 e. The van der Waals surface area contributed by atoms with Gasteiger partial charge in [0.25, 0.3) is 11.8 Å². The molecule has 166 valence electrons. The van der Waals surface area contributed by atoms with Gasteiger partial charge < -0.3 is 9.73 Å². The zero-order valence-corrected chi connectivity index (χ0v) is 19.5. The zero-order valence-electron chi connectivity index (χ0n) is 19.5. The molecular weight excluding hydrogens is 390 g/mol. The van der Waals surface area contributed by atoms with E-state index in [4.69, 9.17) is 9.52 Å². The standard InChI is InChI=1S/C24H33N5O2/c1-14(2)11-20-13-21(24-27-26-17(7)31-24)28-29(20)19-10-8-9-18(12-19)23(30)25-22(15(3)4)16(5)6/h8-10,12-16,22H,11H2,1-7H3,(H,25,30). The lowest BCUT2D eigenvalue weighted by Gasteiger charge is -2.26. The van der Waals surface area contributed by atoms with Crippen molar-refractivity contribution in [2.24, 2.45) is 17.8 Å². The Morgan fingerprint density at radius 3 is 2.35 bits per heavy atom. The first-order valence-electron chi connectivity index (χ1n) is 11.0. The Bertz CT molecular complexity index is 1020. The summed E-state index contributed by atoms with van der Waals surface area (Å²) in [6, 6.07) is 9.66. The lowest BCUT2D eigenvalue weighted by atomic mass is 9.93. The minimum atomic E-state index is -0.0698. The summed E-state index contributed by atoms with van der Waals surface area (Å²) in [5.41, 5.74) is 3.10. The van der Waals surface area contributed by atoms with Crippen LogP contribution in [-0.2, 0) is 6.42 Å². The third kappa shape index (κ3) is 5.40. The molecule has 0 spiro atoms. The highest BCUT2D eigenvalue weighted by atomic mass is 16.4. The van der Waals surface area contributed by atoms with Crippen molar-refractivity contribution in [1.29, 1.82) is 0 Å². The van der Waals surface area contributed by atoms with Crippen molar-refractivity contribution in [3.05, 3.63) is 47.5 Å². The SMILES string of the molecule is Cc1nnc(-c2cc(CC(C)C)n(-c3cccc(C(=O)NC(C(C)C)C(C)C)c3)n2)o1. The molecule has 0 bridgehead atoms. The summed E-state index contributed by atoms with van der Waals surface area (Å²) in [7, 11) is 0. The molecule has 3 aromatic rings. The van der Waals surface area contributed by atoms with Gasteiger partial charge in [0.15, 0.2) is 0 Å². The number of rotatable bonds is 8. The Morgan fingerprint density at radius 1 is 1.06 bits per heavy atom. The van der Waals surface area contributed by atoms with Crippen molar-refractivity contribution in [2.75, 3.05) is 0 Å². The minimum absolute atomic E-state index is 0.0698. The molecule has 3 rings (SSSR count). The number of hydrogen-bond acceptors (Lipinski definition) is 5. The van der Waals surface area contributed by atoms with Gasteiger partial charge in [-0.15, -0.1) is 10.2 Å². The zero-order chi connectivity index (χ0) is 22.7. The smallest absolute Gasteiger partial charge is 0.268 e. The molecule has 7 heteroatoms. The van der Waals surface area contributed by atoms with Crippen molar-refractivity contribution < 1.29 is 9.21 Å². The summed E-state index contributed by atoms with van der Waals surface area (Å²) in [6.45, 7) is 14.6. The number of nitrogens with one attached hydrogen (secondary N) is 1. The second kappa shape index (κ2) is 9.45. The van der Waals surface area contributed by atoms with Crippen LogP contribution < -0.4 is 5.32 Å². The first-order chi connectivity index (χ1) is 14.7. The summed E-state index contributed by atoms with van der Waals surface area (Å²) >= 11 is 0. The summed E-state index contributed by atoms with van der Waals surface area (Å²) < 4.78 is 7.44. The summed E-state index contributed by atoms with van der Waals surface area (Å²) in [4.78, 5) is 13.0. The van der Waals surface area contributed by atoms with Gasteiger partial charge in [-0.25, -0.2) is 4.68 Å². The van der Waals surface area contributed by atoms with Gasteiger partial charge in [-0.05, 0) is 48.4 Å². The molecule has 7 nitrogen and oxygen atoms in total. The summed E-state index contributed by atoms with van der Waals surface area (Å²) in [6.07, 6.45) is 0.833. The van der Waals surface area contributed by atoms with E-state index in [1.54, 1.807) is 6.92 Å². The second-order valence-corrected chi connectivity index (χ2v) is 9.19. The quantitative estimate of drug-likeness (QED) is 0.560. The maximum absolute atomic E-state index is 13.0. The van der Waals surface area contributed by atoms with E-state index in [0.717, 1.165) is 17.8 Å². The highest BCUT2D eigenvalue weighted by Gasteiger charge is 2.21. The van der Waals surface area contributed by atoms with E-state index < -0.39 is 0 Å². The number of amides is 1. The van der Waals surface area contributed by atoms with Crippen LogP contribution in [0.2, 0.25) is 0 Å². The Hall–Kier alpha value is -2.96. The van der Waals surface area contributed by atoms with Gasteiger partial charge in [-0.2, -0.15) is 5.10 Å². The van der Waals surface area contributed by atoms with Crippen molar-refractivity contribution in [3.8, 4) is 17.3 Å². The number of aryl methyl sites for hydroxylation is 1. The van der Waals surface area contributed by atoms with E-state index in [0.29, 0.717) is 40.8 Å². The molecule has 0 atom stereocenters. The van der Waals surface area contributed by atoms with Crippen LogP contribution in [0.25, 0.3) is 17.3 Å². The van der Waals surface area contributed by atoms with Gasteiger partial charge >= 0.3 is 0 Å². The van der Waals surface area contributed by atoms with Crippen LogP contribution in [-0.4, -0.2) is 31.9 Å². The van der Waals surface area contributed by atoms with E-state index in [9.17, 15) is 4.79 Å². The van der Waals surface area contributed by atoms with E-state index in [1.807, 2.05) is 35.0 Å². The lowest BCUT2D eigenvalue weighted by molar-refractivity contribution is 0.0910. The molecule has 1 aromatic carbocycles. The van der Waals surface area contributed by atoms with Gasteiger partial charge in [0.2, 0.25) is 5.89 Å². The molecule has 0 fully saturated rings. The molecule has 31 heavy (non-hydrogen) atoms. The Labute approximate surface area is 184 Å². The highest BCUT2D eigenvalue weighted by Crippen LogP contribution is 2.23. The number of carbonyl (C=O) groups excluding carboxylic acids is 1. The fraction of sp³-hybridized carbons (Fsp3) is 0.500. The van der Waals surface area contributed by atoms with Crippen molar-refractivity contribution in [3.63, 3.8) is 0 Å². The number of carbonyl (C=O) groups is 1. The fourth-order valence-electron chi connectivity index (χ4n) is 3.83. The van der Waals surface area contributed by atoms with Gasteiger partial charge in [0.1, 0.15) is 5.69 Å². The molecule has 0 radical (unpaired) electrons. The highest BCUT2D eigenvalue weighted by molar-refractivity contribution is 5.95. The first-order valence-corrected chi connectivity index (χ1v) is 11.0. The predicted molar refractivity (Wildman–Crippen MR) is 121 cm³/mol. The van der Waals surface area contributed by atoms with E-state index >= 15 is 0 Å². The fourth-order valence-corrected chi connectivity index (χ4v) is 3.83. The molecule has 0 unspecified atom stereocenters. The van der Waals surface area contributed by atoms with Gasteiger partial charge in [-0.3, -0.25) is 4.79 Å². The maximum atomic E-state index is 13.0. The van der Waals surface area contributed by atoms with Crippen LogP contribution in [0.15, 0.2) is 34.7 Å². The number of nitrogens with zero attached hydrogens (tertiary/aromatic N) is 4. The van der Waals surface area contributed by atoms with Crippen molar-refractivity contribution in [2.45, 2.75) is 60.9 Å². The second-order valence-electron chi connectivity index (χ2n) is 9.19. The maximum Gasteiger partial charge on any atom is 0.268 e. The third-order valence-electron chi connectivity index (χ3n) is 5.23. The monoisotopic (exact) mass is 423 g/mol. The topological polar surface area (TPSA) is 85.8 Å². The van der Waals surface area contributed by atoms with Gasteiger partial charge in [0.05, 0.1) is 5.69 Å². The third-order valence-corrected chi connectivity index (χ3v) is 5.23. The van der Waals surface area contributed by atoms with Crippen LogP contribution in [0, 0.1) is 24.7 Å². The Kier molecular flexibility index (Phi) is 6.93. The van der Waals surface area contributed by atoms with Crippen LogP contribution in [0.4, 0.5) is 0 Å². The van der Waals surface area contributed by atoms with Crippen LogP contribution in [0.1, 0.15) is 63.5 Å². The minimum Gasteiger partial charge on any atom is -0.420 e. The first kappa shape index (κ1) is 22.7. The van der Waals surface area contributed by atoms with Crippen LogP contribution in [0.5, 0.6) is 0 Å². The number of aromatic nitrogens is 4. The molecule has 0 aliphatic heterocycles. The van der Waals surface area contributed by atoms with Crippen molar-refractivity contribution in [1.82, 2.24) is 25.3 Å². The van der Waals surface area contributed by atoms with E-state index in [2.05, 4.69) is 57.1 Å². The molecule has 2 heterocycles. The predicted octanol–water partition coefficient (Wildman–Crippen LogP) is 4.84. The molecule has 2 aromatic heterocycles. The summed E-state index contributed by atoms with van der Waals surface area (Å²) in [5.74, 6) is 1.98. The number of hydrogen-bond donors (Lipinski definition) is 1. The van der Waals surface area contributed by atoms with E-state index in [-0.39, 0.29) is 11.9 Å². The molecule has 0 saturated carbocycles. The molecule has 1 amide bonds. The van der Waals surface area contributed by atoms with Crippen molar-refractivity contribution >= 4 is 5.91 Å². The molecule has 0 aliphatic carbocycles. The van der Waals surface area contributed by atoms with Gasteiger partial charge in [0, 0.05) is 24.2 Å². The average Bonchev–Trinajstić information content (AvgIpc) is 3.31. The number of benzene rings is 1. The normalized spacial score (nSPS) is 11.8. The van der Waals surface area contributed by atoms with Crippen LogP contribution >= 0.6 is 0 Å². The molecular formula is C24H33N5O2. The van der Waals surface area contributed by atoms with Gasteiger partial charge in [-0.1, -0.05) is 47.6 Å². The lowest BCUT2D eigenvalue weighted by Crippen LogP contribution is -2.42. The average molecular weight is 424 g/mol. The van der Waals surface area contributed by atoms with Crippen LogP contribution in [0.3, 0.4) is 0 Å². The van der Waals surface area contributed by atoms with E-state index in [1.165, 1.54) is 0 Å².